The number of benzene rings is 1. The second-order valence-corrected chi connectivity index (χ2v) is 5.54. The molecule has 1 N–H and O–H groups in total. The average molecular weight is 298 g/mol. The maximum Gasteiger partial charge on any atom is 0.0613 e. The number of hydrogen-bond acceptors (Lipinski definition) is 2. The molecule has 1 aliphatic rings. The molecule has 0 aliphatic carbocycles. The summed E-state index contributed by atoms with van der Waals surface area (Å²) in [5.41, 5.74) is 1.33. The zero-order valence-corrected chi connectivity index (χ0v) is 11.9. The summed E-state index contributed by atoms with van der Waals surface area (Å²) in [4.78, 5) is 0. The van der Waals surface area contributed by atoms with E-state index in [-0.39, 0.29) is 0 Å². The van der Waals surface area contributed by atoms with Gasteiger partial charge in [0.1, 0.15) is 0 Å². The molecule has 94 valence electrons. The Hall–Kier alpha value is -0.380. The standard InChI is InChI=1S/C14H20BrNO/c1-2-14-12(7-8-17-14)10-16-9-11-3-5-13(15)6-4-11/h3-6,12,14,16H,2,7-10H2,1H3. The van der Waals surface area contributed by atoms with E-state index in [2.05, 4.69) is 52.4 Å². The van der Waals surface area contributed by atoms with Crippen LogP contribution in [0, 0.1) is 5.92 Å². The third-order valence-electron chi connectivity index (χ3n) is 3.40. The van der Waals surface area contributed by atoms with Crippen LogP contribution in [-0.2, 0) is 11.3 Å². The van der Waals surface area contributed by atoms with E-state index in [1.54, 1.807) is 0 Å². The Morgan fingerprint density at radius 2 is 2.12 bits per heavy atom. The van der Waals surface area contributed by atoms with E-state index < -0.39 is 0 Å². The second-order valence-electron chi connectivity index (χ2n) is 4.62. The first-order chi connectivity index (χ1) is 8.29. The van der Waals surface area contributed by atoms with Gasteiger partial charge in [0.05, 0.1) is 6.10 Å². The van der Waals surface area contributed by atoms with Crippen molar-refractivity contribution in [1.29, 1.82) is 0 Å². The van der Waals surface area contributed by atoms with Gasteiger partial charge in [-0.15, -0.1) is 0 Å². The van der Waals surface area contributed by atoms with E-state index in [9.17, 15) is 0 Å². The Bertz CT molecular complexity index is 339. The normalized spacial score (nSPS) is 24.1. The topological polar surface area (TPSA) is 21.3 Å². The molecule has 1 saturated heterocycles. The van der Waals surface area contributed by atoms with Crippen LogP contribution >= 0.6 is 15.9 Å². The fourth-order valence-electron chi connectivity index (χ4n) is 2.38. The van der Waals surface area contributed by atoms with Gasteiger partial charge in [-0.25, -0.2) is 0 Å². The molecule has 1 fully saturated rings. The highest BCUT2D eigenvalue weighted by Crippen LogP contribution is 2.22. The Kier molecular flexibility index (Phi) is 5.01. The summed E-state index contributed by atoms with van der Waals surface area (Å²) in [6.45, 7) is 5.15. The highest BCUT2D eigenvalue weighted by atomic mass is 79.9. The molecule has 1 aliphatic heterocycles. The van der Waals surface area contributed by atoms with Crippen molar-refractivity contribution in [2.24, 2.45) is 5.92 Å². The Balaban J connectivity index is 1.74. The average Bonchev–Trinajstić information content (AvgIpc) is 2.79. The Labute approximate surface area is 112 Å². The molecule has 0 radical (unpaired) electrons. The number of nitrogens with one attached hydrogen (secondary N) is 1. The molecule has 2 nitrogen and oxygen atoms in total. The lowest BCUT2D eigenvalue weighted by atomic mass is 9.99. The van der Waals surface area contributed by atoms with E-state index in [0.29, 0.717) is 12.0 Å². The smallest absolute Gasteiger partial charge is 0.0613 e. The highest BCUT2D eigenvalue weighted by Gasteiger charge is 2.25. The van der Waals surface area contributed by atoms with Crippen molar-refractivity contribution in [3.63, 3.8) is 0 Å². The summed E-state index contributed by atoms with van der Waals surface area (Å²) in [6, 6.07) is 8.48. The van der Waals surface area contributed by atoms with E-state index >= 15 is 0 Å². The van der Waals surface area contributed by atoms with Gasteiger partial charge in [0, 0.05) is 24.2 Å². The van der Waals surface area contributed by atoms with Gasteiger partial charge >= 0.3 is 0 Å². The highest BCUT2D eigenvalue weighted by molar-refractivity contribution is 9.10. The molecule has 0 bridgehead atoms. The number of ether oxygens (including phenoxy) is 1. The molecular formula is C14H20BrNO. The molecular weight excluding hydrogens is 278 g/mol. The largest absolute Gasteiger partial charge is 0.378 e. The van der Waals surface area contributed by atoms with Gasteiger partial charge in [-0.3, -0.25) is 0 Å². The zero-order valence-electron chi connectivity index (χ0n) is 10.3. The third-order valence-corrected chi connectivity index (χ3v) is 3.93. The van der Waals surface area contributed by atoms with Crippen molar-refractivity contribution in [2.45, 2.75) is 32.4 Å². The fraction of sp³-hybridized carbons (Fsp3) is 0.571. The molecule has 17 heavy (non-hydrogen) atoms. The minimum Gasteiger partial charge on any atom is -0.378 e. The molecule has 1 aromatic carbocycles. The van der Waals surface area contributed by atoms with Crippen LogP contribution in [0.1, 0.15) is 25.3 Å². The first-order valence-corrected chi connectivity index (χ1v) is 7.15. The van der Waals surface area contributed by atoms with Crippen molar-refractivity contribution in [3.05, 3.63) is 34.3 Å². The van der Waals surface area contributed by atoms with Crippen LogP contribution < -0.4 is 5.32 Å². The molecule has 3 heteroatoms. The van der Waals surface area contributed by atoms with Gasteiger partial charge in [-0.05, 0) is 36.5 Å². The van der Waals surface area contributed by atoms with Crippen molar-refractivity contribution in [1.82, 2.24) is 5.32 Å². The first kappa shape index (κ1) is 13.1. The van der Waals surface area contributed by atoms with Gasteiger partial charge in [0.15, 0.2) is 0 Å². The van der Waals surface area contributed by atoms with Gasteiger partial charge in [-0.2, -0.15) is 0 Å². The lowest BCUT2D eigenvalue weighted by molar-refractivity contribution is 0.0872. The predicted octanol–water partition coefficient (Wildman–Crippen LogP) is 3.35. The monoisotopic (exact) mass is 297 g/mol. The number of hydrogen-bond donors (Lipinski definition) is 1. The van der Waals surface area contributed by atoms with E-state index in [4.69, 9.17) is 4.74 Å². The molecule has 2 rings (SSSR count). The van der Waals surface area contributed by atoms with Gasteiger partial charge in [0.25, 0.3) is 0 Å². The molecule has 2 atom stereocenters. The SMILES string of the molecule is CCC1OCCC1CNCc1ccc(Br)cc1. The summed E-state index contributed by atoms with van der Waals surface area (Å²) in [5.74, 6) is 0.690. The quantitative estimate of drug-likeness (QED) is 0.900. The molecule has 0 saturated carbocycles. The van der Waals surface area contributed by atoms with E-state index in [1.807, 2.05) is 0 Å². The van der Waals surface area contributed by atoms with Crippen LogP contribution in [0.15, 0.2) is 28.7 Å². The first-order valence-electron chi connectivity index (χ1n) is 6.36. The molecule has 1 aromatic rings. The summed E-state index contributed by atoms with van der Waals surface area (Å²) in [5, 5.41) is 3.53. The maximum absolute atomic E-state index is 5.69. The van der Waals surface area contributed by atoms with Crippen molar-refractivity contribution in [3.8, 4) is 0 Å². The van der Waals surface area contributed by atoms with Crippen molar-refractivity contribution >= 4 is 15.9 Å². The summed E-state index contributed by atoms with van der Waals surface area (Å²) in [7, 11) is 0. The predicted molar refractivity (Wildman–Crippen MR) is 74.0 cm³/mol. The molecule has 0 aromatic heterocycles. The maximum atomic E-state index is 5.69. The lowest BCUT2D eigenvalue weighted by Crippen LogP contribution is -2.27. The Morgan fingerprint density at radius 1 is 1.35 bits per heavy atom. The van der Waals surface area contributed by atoms with Crippen molar-refractivity contribution < 1.29 is 4.74 Å². The molecule has 0 spiro atoms. The van der Waals surface area contributed by atoms with Crippen LogP contribution in [0.2, 0.25) is 0 Å². The van der Waals surface area contributed by atoms with Crippen LogP contribution in [0.3, 0.4) is 0 Å². The number of halogens is 1. The van der Waals surface area contributed by atoms with Gasteiger partial charge in [-0.1, -0.05) is 35.0 Å². The van der Waals surface area contributed by atoms with Crippen molar-refractivity contribution in [2.75, 3.05) is 13.2 Å². The lowest BCUT2D eigenvalue weighted by Gasteiger charge is -2.17. The summed E-state index contributed by atoms with van der Waals surface area (Å²) >= 11 is 3.45. The van der Waals surface area contributed by atoms with Crippen LogP contribution in [0.4, 0.5) is 0 Å². The second kappa shape index (κ2) is 6.53. The molecule has 1 heterocycles. The third kappa shape index (κ3) is 3.80. The van der Waals surface area contributed by atoms with Gasteiger partial charge in [0.2, 0.25) is 0 Å². The Morgan fingerprint density at radius 3 is 2.82 bits per heavy atom. The minimum absolute atomic E-state index is 0.465. The minimum atomic E-state index is 0.465. The van der Waals surface area contributed by atoms with Gasteiger partial charge < -0.3 is 10.1 Å². The fourth-order valence-corrected chi connectivity index (χ4v) is 2.65. The summed E-state index contributed by atoms with van der Waals surface area (Å²) < 4.78 is 6.82. The van der Waals surface area contributed by atoms with E-state index in [1.165, 1.54) is 12.0 Å². The number of rotatable bonds is 5. The summed E-state index contributed by atoms with van der Waals surface area (Å²) in [6.07, 6.45) is 2.80. The molecule has 2 unspecified atom stereocenters. The van der Waals surface area contributed by atoms with E-state index in [0.717, 1.165) is 30.6 Å². The zero-order chi connectivity index (χ0) is 12.1. The van der Waals surface area contributed by atoms with Crippen LogP contribution in [-0.4, -0.2) is 19.3 Å². The van der Waals surface area contributed by atoms with Crippen LogP contribution in [0.5, 0.6) is 0 Å². The van der Waals surface area contributed by atoms with Crippen LogP contribution in [0.25, 0.3) is 0 Å². The molecule has 0 amide bonds.